The fourth-order valence-electron chi connectivity index (χ4n) is 3.94. The summed E-state index contributed by atoms with van der Waals surface area (Å²) in [5.41, 5.74) is 2.47. The molecule has 1 saturated carbocycles. The van der Waals surface area contributed by atoms with E-state index in [1.807, 2.05) is 0 Å². The topological polar surface area (TPSA) is 92.3 Å². The summed E-state index contributed by atoms with van der Waals surface area (Å²) in [6.07, 6.45) is 6.35. The van der Waals surface area contributed by atoms with E-state index in [9.17, 15) is 16.8 Å². The van der Waals surface area contributed by atoms with E-state index >= 15 is 0 Å². The summed E-state index contributed by atoms with van der Waals surface area (Å²) in [6.45, 7) is 6.48. The number of nitrogens with one attached hydrogen (secondary N) is 2. The van der Waals surface area contributed by atoms with Crippen molar-refractivity contribution in [3.63, 3.8) is 0 Å². The van der Waals surface area contributed by atoms with Crippen molar-refractivity contribution in [2.75, 3.05) is 19.3 Å². The number of benzene rings is 1. The first kappa shape index (κ1) is 24.3. The van der Waals surface area contributed by atoms with Crippen LogP contribution in [0.1, 0.15) is 63.5 Å². The summed E-state index contributed by atoms with van der Waals surface area (Å²) in [7, 11) is -6.33. The van der Waals surface area contributed by atoms with E-state index in [1.54, 1.807) is 13.8 Å². The van der Waals surface area contributed by atoms with Crippen molar-refractivity contribution in [2.45, 2.75) is 64.0 Å². The molecule has 1 aliphatic rings. The van der Waals surface area contributed by atoms with Gasteiger partial charge in [0.15, 0.2) is 0 Å². The number of hydrogen-bond acceptors (Lipinski definition) is 4. The van der Waals surface area contributed by atoms with Gasteiger partial charge in [0, 0.05) is 13.1 Å². The van der Waals surface area contributed by atoms with Gasteiger partial charge in [-0.05, 0) is 74.8 Å². The average Bonchev–Trinajstić information content (AvgIpc) is 2.66. The van der Waals surface area contributed by atoms with Crippen LogP contribution in [0.3, 0.4) is 0 Å². The van der Waals surface area contributed by atoms with E-state index in [0.717, 1.165) is 31.2 Å². The Labute approximate surface area is 177 Å². The van der Waals surface area contributed by atoms with Gasteiger partial charge < -0.3 is 0 Å². The molecule has 0 saturated heterocycles. The van der Waals surface area contributed by atoms with E-state index in [4.69, 9.17) is 0 Å². The molecule has 0 amide bonds. The fourth-order valence-corrected chi connectivity index (χ4v) is 5.24. The molecule has 0 radical (unpaired) electrons. The standard InChI is InChI=1S/C21H36N2O4S2/c1-16(2)29(26,27)23-15-17(3)19-9-11-21(12-10-19)20-7-5-18(6-8-20)13-14-22-28(4,24)25/h5-8,16-17,19,21-23H,9-15H2,1-4H3. The van der Waals surface area contributed by atoms with Crippen molar-refractivity contribution >= 4 is 20.0 Å². The minimum Gasteiger partial charge on any atom is -0.215 e. The van der Waals surface area contributed by atoms with Crippen molar-refractivity contribution in [2.24, 2.45) is 11.8 Å². The molecule has 2 N–H and O–H groups in total. The lowest BCUT2D eigenvalue weighted by atomic mass is 9.74. The van der Waals surface area contributed by atoms with E-state index in [-0.39, 0.29) is 0 Å². The summed E-state index contributed by atoms with van der Waals surface area (Å²) in [5, 5.41) is -0.393. The third kappa shape index (κ3) is 8.00. The Morgan fingerprint density at radius 2 is 1.52 bits per heavy atom. The van der Waals surface area contributed by atoms with Gasteiger partial charge in [-0.2, -0.15) is 0 Å². The molecule has 29 heavy (non-hydrogen) atoms. The molecular formula is C21H36N2O4S2. The minimum atomic E-state index is -3.19. The predicted molar refractivity (Wildman–Crippen MR) is 119 cm³/mol. The molecule has 1 unspecified atom stereocenters. The zero-order valence-corrected chi connectivity index (χ0v) is 19.7. The molecule has 0 aromatic heterocycles. The second kappa shape index (κ2) is 10.4. The van der Waals surface area contributed by atoms with Crippen LogP contribution in [-0.4, -0.2) is 41.4 Å². The van der Waals surface area contributed by atoms with Gasteiger partial charge in [-0.1, -0.05) is 31.2 Å². The Kier molecular flexibility index (Phi) is 8.70. The monoisotopic (exact) mass is 444 g/mol. The zero-order chi connectivity index (χ0) is 21.7. The Hall–Kier alpha value is -0.960. The fraction of sp³-hybridized carbons (Fsp3) is 0.714. The normalized spacial score (nSPS) is 22.0. The molecule has 6 nitrogen and oxygen atoms in total. The number of rotatable bonds is 10. The third-order valence-electron chi connectivity index (χ3n) is 6.03. The molecule has 8 heteroatoms. The average molecular weight is 445 g/mol. The second-order valence-electron chi connectivity index (χ2n) is 8.69. The highest BCUT2D eigenvalue weighted by atomic mass is 32.2. The highest BCUT2D eigenvalue weighted by molar-refractivity contribution is 7.90. The molecule has 1 aliphatic carbocycles. The zero-order valence-electron chi connectivity index (χ0n) is 18.0. The van der Waals surface area contributed by atoms with Crippen molar-refractivity contribution in [1.29, 1.82) is 0 Å². The summed E-state index contributed by atoms with van der Waals surface area (Å²) in [6, 6.07) is 8.52. The first-order chi connectivity index (χ1) is 13.5. The van der Waals surface area contributed by atoms with Crippen LogP contribution in [-0.2, 0) is 26.5 Å². The molecule has 1 atom stereocenters. The molecule has 1 aromatic carbocycles. The maximum atomic E-state index is 12.0. The number of hydrogen-bond donors (Lipinski definition) is 2. The van der Waals surface area contributed by atoms with Crippen LogP contribution in [0.4, 0.5) is 0 Å². The van der Waals surface area contributed by atoms with Gasteiger partial charge in [-0.15, -0.1) is 0 Å². The van der Waals surface area contributed by atoms with E-state index < -0.39 is 25.3 Å². The van der Waals surface area contributed by atoms with Crippen LogP contribution in [0.15, 0.2) is 24.3 Å². The molecule has 0 bridgehead atoms. The van der Waals surface area contributed by atoms with Crippen molar-refractivity contribution in [3.05, 3.63) is 35.4 Å². The summed E-state index contributed by atoms with van der Waals surface area (Å²) >= 11 is 0. The molecule has 0 aliphatic heterocycles. The van der Waals surface area contributed by atoms with Gasteiger partial charge in [-0.25, -0.2) is 26.3 Å². The van der Waals surface area contributed by atoms with Crippen molar-refractivity contribution < 1.29 is 16.8 Å². The van der Waals surface area contributed by atoms with Crippen molar-refractivity contribution in [1.82, 2.24) is 9.44 Å². The van der Waals surface area contributed by atoms with Crippen LogP contribution in [0, 0.1) is 11.8 Å². The quantitative estimate of drug-likeness (QED) is 0.580. The third-order valence-corrected chi connectivity index (χ3v) is 8.57. The second-order valence-corrected chi connectivity index (χ2v) is 12.8. The van der Waals surface area contributed by atoms with Crippen LogP contribution in [0.25, 0.3) is 0 Å². The van der Waals surface area contributed by atoms with Gasteiger partial charge in [0.05, 0.1) is 11.5 Å². The SMILES string of the molecule is CC(CNS(=O)(=O)C(C)C)C1CCC(c2ccc(CCNS(C)(=O)=O)cc2)CC1. The molecule has 0 spiro atoms. The lowest BCUT2D eigenvalue weighted by Gasteiger charge is -2.32. The Morgan fingerprint density at radius 1 is 0.931 bits per heavy atom. The highest BCUT2D eigenvalue weighted by Gasteiger charge is 2.27. The molecular weight excluding hydrogens is 408 g/mol. The van der Waals surface area contributed by atoms with Crippen LogP contribution in [0.2, 0.25) is 0 Å². The van der Waals surface area contributed by atoms with Crippen molar-refractivity contribution in [3.8, 4) is 0 Å². The summed E-state index contributed by atoms with van der Waals surface area (Å²) < 4.78 is 51.4. The first-order valence-electron chi connectivity index (χ1n) is 10.5. The number of sulfonamides is 2. The highest BCUT2D eigenvalue weighted by Crippen LogP contribution is 2.38. The first-order valence-corrected chi connectivity index (χ1v) is 13.9. The largest absolute Gasteiger partial charge is 0.215 e. The van der Waals surface area contributed by atoms with E-state index in [0.29, 0.717) is 37.3 Å². The maximum absolute atomic E-state index is 12.0. The minimum absolute atomic E-state index is 0.342. The molecule has 1 aromatic rings. The van der Waals surface area contributed by atoms with Gasteiger partial charge in [-0.3, -0.25) is 0 Å². The van der Waals surface area contributed by atoms with Gasteiger partial charge in [0.2, 0.25) is 20.0 Å². The van der Waals surface area contributed by atoms with E-state index in [1.165, 1.54) is 11.8 Å². The smallest absolute Gasteiger partial charge is 0.213 e. The molecule has 2 rings (SSSR count). The van der Waals surface area contributed by atoms with Gasteiger partial charge in [0.25, 0.3) is 0 Å². The summed E-state index contributed by atoms with van der Waals surface area (Å²) in [4.78, 5) is 0. The lowest BCUT2D eigenvalue weighted by molar-refractivity contribution is 0.246. The maximum Gasteiger partial charge on any atom is 0.213 e. The van der Waals surface area contributed by atoms with Crippen LogP contribution in [0.5, 0.6) is 0 Å². The lowest BCUT2D eigenvalue weighted by Crippen LogP contribution is -2.36. The predicted octanol–water partition coefficient (Wildman–Crippen LogP) is 3.02. The molecule has 0 heterocycles. The Morgan fingerprint density at radius 3 is 2.03 bits per heavy atom. The van der Waals surface area contributed by atoms with Crippen LogP contribution >= 0.6 is 0 Å². The van der Waals surface area contributed by atoms with E-state index in [2.05, 4.69) is 40.6 Å². The van der Waals surface area contributed by atoms with Gasteiger partial charge >= 0.3 is 0 Å². The Balaban J connectivity index is 1.80. The summed E-state index contributed by atoms with van der Waals surface area (Å²) in [5.74, 6) is 1.45. The molecule has 1 fully saturated rings. The molecule has 166 valence electrons. The van der Waals surface area contributed by atoms with Crippen LogP contribution < -0.4 is 9.44 Å². The Bertz CT molecular complexity index is 841. The van der Waals surface area contributed by atoms with Gasteiger partial charge in [0.1, 0.15) is 0 Å².